The lowest BCUT2D eigenvalue weighted by Crippen LogP contribution is -2.38. The number of aryl methyl sites for hydroxylation is 1. The van der Waals surface area contributed by atoms with Crippen LogP contribution in [0.15, 0.2) is 53.1 Å². The number of non-ortho nitro benzene ring substituents is 1. The van der Waals surface area contributed by atoms with Crippen molar-refractivity contribution in [3.63, 3.8) is 0 Å². The molecule has 30 heavy (non-hydrogen) atoms. The lowest BCUT2D eigenvalue weighted by atomic mass is 9.95. The third kappa shape index (κ3) is 4.14. The highest BCUT2D eigenvalue weighted by Gasteiger charge is 2.26. The number of carbonyl (C=O) groups excluding carboxylic acids is 1. The number of rotatable bonds is 5. The highest BCUT2D eigenvalue weighted by atomic mass is 16.6. The molecular weight excluding hydrogens is 386 g/mol. The van der Waals surface area contributed by atoms with Gasteiger partial charge in [0.15, 0.2) is 11.6 Å². The fourth-order valence-electron chi connectivity index (χ4n) is 3.56. The van der Waals surface area contributed by atoms with Gasteiger partial charge in [0.1, 0.15) is 5.69 Å². The number of furan rings is 1. The van der Waals surface area contributed by atoms with E-state index in [4.69, 9.17) is 4.42 Å². The largest absolute Gasteiger partial charge is 0.463 e. The summed E-state index contributed by atoms with van der Waals surface area (Å²) in [6.07, 6.45) is 2.98. The van der Waals surface area contributed by atoms with Crippen molar-refractivity contribution in [1.82, 2.24) is 10.2 Å². The van der Waals surface area contributed by atoms with Crippen LogP contribution < -0.4 is 10.2 Å². The molecule has 4 rings (SSSR count). The second kappa shape index (κ2) is 8.32. The van der Waals surface area contributed by atoms with Gasteiger partial charge in [0, 0.05) is 36.8 Å². The highest BCUT2D eigenvalue weighted by molar-refractivity contribution is 5.93. The molecule has 2 aromatic heterocycles. The molecule has 3 heterocycles. The molecule has 0 atom stereocenters. The van der Waals surface area contributed by atoms with Gasteiger partial charge < -0.3 is 14.6 Å². The molecule has 1 aliphatic rings. The fourth-order valence-corrected chi connectivity index (χ4v) is 3.56. The van der Waals surface area contributed by atoms with Crippen molar-refractivity contribution in [3.8, 4) is 11.5 Å². The molecular formula is C21H21N5O4. The van der Waals surface area contributed by atoms with Gasteiger partial charge in [0.25, 0.3) is 5.69 Å². The molecule has 154 valence electrons. The van der Waals surface area contributed by atoms with Gasteiger partial charge in [0.05, 0.1) is 11.2 Å². The van der Waals surface area contributed by atoms with Crippen LogP contribution in [0.2, 0.25) is 0 Å². The van der Waals surface area contributed by atoms with Gasteiger partial charge in [-0.25, -0.2) is 0 Å². The molecule has 1 aromatic carbocycles. The predicted molar refractivity (Wildman–Crippen MR) is 111 cm³/mol. The number of aromatic nitrogens is 2. The van der Waals surface area contributed by atoms with Crippen LogP contribution in [0.4, 0.5) is 17.2 Å². The highest BCUT2D eigenvalue weighted by Crippen LogP contribution is 2.26. The molecule has 9 heteroatoms. The number of nitrogens with one attached hydrogen (secondary N) is 1. The molecule has 0 aliphatic carbocycles. The average molecular weight is 407 g/mol. The maximum atomic E-state index is 12.7. The van der Waals surface area contributed by atoms with E-state index in [2.05, 4.69) is 20.4 Å². The van der Waals surface area contributed by atoms with Gasteiger partial charge in [-0.15, -0.1) is 10.2 Å². The summed E-state index contributed by atoms with van der Waals surface area (Å²) in [5.74, 6) is 1.26. The maximum absolute atomic E-state index is 12.7. The van der Waals surface area contributed by atoms with E-state index in [-0.39, 0.29) is 17.5 Å². The topological polar surface area (TPSA) is 114 Å². The van der Waals surface area contributed by atoms with Crippen LogP contribution in [0.25, 0.3) is 11.5 Å². The second-order valence-corrected chi connectivity index (χ2v) is 7.26. The van der Waals surface area contributed by atoms with Crippen molar-refractivity contribution in [2.45, 2.75) is 19.8 Å². The number of nitro groups is 1. The van der Waals surface area contributed by atoms with Crippen molar-refractivity contribution in [2.24, 2.45) is 5.92 Å². The summed E-state index contributed by atoms with van der Waals surface area (Å²) in [6.45, 7) is 3.15. The summed E-state index contributed by atoms with van der Waals surface area (Å²) in [7, 11) is 0. The molecule has 3 aromatic rings. The first-order valence-corrected chi connectivity index (χ1v) is 9.70. The van der Waals surface area contributed by atoms with Gasteiger partial charge in [-0.1, -0.05) is 0 Å². The van der Waals surface area contributed by atoms with E-state index in [1.807, 2.05) is 18.2 Å². The molecule has 1 N–H and O–H groups in total. The maximum Gasteiger partial charge on any atom is 0.269 e. The zero-order chi connectivity index (χ0) is 21.1. The second-order valence-electron chi connectivity index (χ2n) is 7.26. The Balaban J connectivity index is 1.34. The Morgan fingerprint density at radius 3 is 2.60 bits per heavy atom. The Kier molecular flexibility index (Phi) is 5.42. The molecule has 1 amide bonds. The molecule has 0 spiro atoms. The minimum Gasteiger partial charge on any atom is -0.463 e. The number of nitro benzene ring substituents is 1. The molecule has 1 fully saturated rings. The standard InChI is InChI=1S/C21H21N5O4/c1-14-13-16(26(28)29)4-5-17(14)22-21(27)15-8-10-25(11-9-15)20-7-6-18(23-24-20)19-3-2-12-30-19/h2-7,12-13,15H,8-11H2,1H3,(H,22,27). The number of anilines is 2. The Morgan fingerprint density at radius 2 is 2.00 bits per heavy atom. The van der Waals surface area contributed by atoms with Crippen LogP contribution in [0, 0.1) is 23.0 Å². The Labute approximate surface area is 172 Å². The monoisotopic (exact) mass is 407 g/mol. The van der Waals surface area contributed by atoms with Crippen molar-refractivity contribution in [1.29, 1.82) is 0 Å². The quantitative estimate of drug-likeness (QED) is 0.505. The van der Waals surface area contributed by atoms with Gasteiger partial charge in [-0.2, -0.15) is 0 Å². The first kappa shape index (κ1) is 19.6. The number of carbonyl (C=O) groups is 1. The molecule has 1 aliphatic heterocycles. The summed E-state index contributed by atoms with van der Waals surface area (Å²) in [5.41, 5.74) is 1.96. The first-order valence-electron chi connectivity index (χ1n) is 9.70. The van der Waals surface area contributed by atoms with Crippen LogP contribution >= 0.6 is 0 Å². The van der Waals surface area contributed by atoms with E-state index in [0.717, 1.165) is 5.82 Å². The summed E-state index contributed by atoms with van der Waals surface area (Å²) < 4.78 is 5.33. The van der Waals surface area contributed by atoms with E-state index in [9.17, 15) is 14.9 Å². The van der Waals surface area contributed by atoms with Gasteiger partial charge in [-0.05, 0) is 55.7 Å². The van der Waals surface area contributed by atoms with E-state index >= 15 is 0 Å². The molecule has 0 saturated carbocycles. The molecule has 9 nitrogen and oxygen atoms in total. The van der Waals surface area contributed by atoms with E-state index in [1.165, 1.54) is 12.1 Å². The van der Waals surface area contributed by atoms with Crippen LogP contribution in [-0.4, -0.2) is 34.1 Å². The Bertz CT molecular complexity index is 1040. The van der Waals surface area contributed by atoms with Crippen molar-refractivity contribution in [2.75, 3.05) is 23.3 Å². The molecule has 0 unspecified atom stereocenters. The van der Waals surface area contributed by atoms with E-state index in [0.29, 0.717) is 48.6 Å². The van der Waals surface area contributed by atoms with Gasteiger partial charge >= 0.3 is 0 Å². The molecule has 0 bridgehead atoms. The van der Waals surface area contributed by atoms with Crippen LogP contribution in [0.5, 0.6) is 0 Å². The summed E-state index contributed by atoms with van der Waals surface area (Å²) in [5, 5.41) is 22.3. The number of hydrogen-bond donors (Lipinski definition) is 1. The average Bonchev–Trinajstić information content (AvgIpc) is 3.30. The number of nitrogens with zero attached hydrogens (tertiary/aromatic N) is 4. The first-order chi connectivity index (χ1) is 14.5. The van der Waals surface area contributed by atoms with Crippen LogP contribution in [0.1, 0.15) is 18.4 Å². The summed E-state index contributed by atoms with van der Waals surface area (Å²) >= 11 is 0. The predicted octanol–water partition coefficient (Wildman–Crippen LogP) is 3.81. The zero-order valence-corrected chi connectivity index (χ0v) is 16.4. The minimum atomic E-state index is -0.446. The lowest BCUT2D eigenvalue weighted by molar-refractivity contribution is -0.384. The van der Waals surface area contributed by atoms with Crippen molar-refractivity contribution >= 4 is 23.1 Å². The van der Waals surface area contributed by atoms with Crippen molar-refractivity contribution < 1.29 is 14.1 Å². The Morgan fingerprint density at radius 1 is 1.20 bits per heavy atom. The van der Waals surface area contributed by atoms with Crippen LogP contribution in [0.3, 0.4) is 0 Å². The summed E-state index contributed by atoms with van der Waals surface area (Å²) in [6, 6.07) is 11.9. The lowest BCUT2D eigenvalue weighted by Gasteiger charge is -2.31. The van der Waals surface area contributed by atoms with Gasteiger partial charge in [0.2, 0.25) is 5.91 Å². The van der Waals surface area contributed by atoms with E-state index < -0.39 is 4.92 Å². The molecule has 1 saturated heterocycles. The number of amides is 1. The van der Waals surface area contributed by atoms with E-state index in [1.54, 1.807) is 25.3 Å². The third-order valence-corrected chi connectivity index (χ3v) is 5.29. The summed E-state index contributed by atoms with van der Waals surface area (Å²) in [4.78, 5) is 25.2. The SMILES string of the molecule is Cc1cc([N+](=O)[O-])ccc1NC(=O)C1CCN(c2ccc(-c3ccco3)nn2)CC1. The molecule has 0 radical (unpaired) electrons. The number of hydrogen-bond acceptors (Lipinski definition) is 7. The fraction of sp³-hybridized carbons (Fsp3) is 0.286. The van der Waals surface area contributed by atoms with Gasteiger partial charge in [-0.3, -0.25) is 14.9 Å². The normalized spacial score (nSPS) is 14.5. The zero-order valence-electron chi connectivity index (χ0n) is 16.4. The van der Waals surface area contributed by atoms with Crippen molar-refractivity contribution in [3.05, 3.63) is 64.4 Å². The number of benzene rings is 1. The van der Waals surface area contributed by atoms with Crippen LogP contribution in [-0.2, 0) is 4.79 Å². The third-order valence-electron chi connectivity index (χ3n) is 5.29. The Hall–Kier alpha value is -3.75. The number of piperidine rings is 1. The minimum absolute atomic E-state index is 0.0120. The smallest absolute Gasteiger partial charge is 0.269 e.